The average Bonchev–Trinajstić information content (AvgIpc) is 2.27. The van der Waals surface area contributed by atoms with E-state index in [1.54, 1.807) is 0 Å². The Balaban J connectivity index is 2.89. The van der Waals surface area contributed by atoms with Gasteiger partial charge in [0, 0.05) is 12.4 Å². The van der Waals surface area contributed by atoms with E-state index in [4.69, 9.17) is 5.73 Å². The second-order valence-corrected chi connectivity index (χ2v) is 4.83. The number of sulfonamides is 1. The van der Waals surface area contributed by atoms with Crippen molar-refractivity contribution in [2.75, 3.05) is 6.54 Å². The first-order valence-electron chi connectivity index (χ1n) is 4.17. The highest BCUT2D eigenvalue weighted by Crippen LogP contribution is 2.15. The Morgan fingerprint density at radius 2 is 1.94 bits per heavy atom. The molecule has 0 saturated carbocycles. The molecular weight excluding hydrogens is 250 g/mol. The molecule has 8 heteroatoms. The first-order chi connectivity index (χ1) is 7.45. The second kappa shape index (κ2) is 5.10. The summed E-state index contributed by atoms with van der Waals surface area (Å²) in [4.78, 5) is 10.5. The highest BCUT2D eigenvalue weighted by atomic mass is 32.2. The largest absolute Gasteiger partial charge is 0.369 e. The Kier molecular flexibility index (Phi) is 4.05. The quantitative estimate of drug-likeness (QED) is 0.765. The molecule has 0 aliphatic rings. The van der Waals surface area contributed by atoms with E-state index in [1.807, 2.05) is 0 Å². The van der Waals surface area contributed by atoms with Gasteiger partial charge in [0.2, 0.25) is 15.9 Å². The molecule has 0 heterocycles. The number of hydrogen-bond donors (Lipinski definition) is 2. The topological polar surface area (TPSA) is 102 Å². The summed E-state index contributed by atoms with van der Waals surface area (Å²) in [5.41, 5.74) is 5.32. The number of benzene rings is 1. The zero-order valence-corrected chi connectivity index (χ0v) is 9.72. The molecule has 0 aliphatic carbocycles. The Morgan fingerprint density at radius 1 is 1.38 bits per heavy atom. The molecule has 6 nitrogen and oxygen atoms in total. The van der Waals surface area contributed by atoms with Crippen LogP contribution in [0.1, 0.15) is 0 Å². The molecule has 0 atom stereocenters. The van der Waals surface area contributed by atoms with Crippen LogP contribution in [-0.2, 0) is 27.2 Å². The number of hydrogen-bond acceptors (Lipinski definition) is 5. The summed E-state index contributed by atoms with van der Waals surface area (Å²) in [6.07, 6.45) is 0. The van der Waals surface area contributed by atoms with Crippen LogP contribution < -0.4 is 10.5 Å². The monoisotopic (exact) mass is 259 g/mol. The van der Waals surface area contributed by atoms with E-state index in [0.29, 0.717) is 5.69 Å². The minimum Gasteiger partial charge on any atom is -0.369 e. The van der Waals surface area contributed by atoms with Crippen molar-refractivity contribution in [2.24, 2.45) is 10.1 Å². The molecule has 1 rings (SSSR count). The van der Waals surface area contributed by atoms with Crippen LogP contribution >= 0.6 is 0 Å². The first kappa shape index (κ1) is 12.7. The van der Waals surface area contributed by atoms with Crippen LogP contribution in [0.5, 0.6) is 0 Å². The summed E-state index contributed by atoms with van der Waals surface area (Å²) in [5.74, 6) is -0.749. The molecule has 86 valence electrons. The van der Waals surface area contributed by atoms with Gasteiger partial charge in [0.05, 0.1) is 17.1 Å². The Hall–Kier alpha value is -1.38. The maximum absolute atomic E-state index is 11.6. The van der Waals surface area contributed by atoms with E-state index < -0.39 is 22.5 Å². The lowest BCUT2D eigenvalue weighted by Gasteiger charge is -2.04. The molecule has 1 aromatic rings. The van der Waals surface area contributed by atoms with Gasteiger partial charge in [-0.3, -0.25) is 4.79 Å². The van der Waals surface area contributed by atoms with Crippen LogP contribution in [0, 0.1) is 0 Å². The molecule has 0 aromatic heterocycles. The van der Waals surface area contributed by atoms with Crippen LogP contribution in [0.2, 0.25) is 0 Å². The van der Waals surface area contributed by atoms with Gasteiger partial charge in [-0.2, -0.15) is 4.36 Å². The summed E-state index contributed by atoms with van der Waals surface area (Å²) < 4.78 is 28.6. The van der Waals surface area contributed by atoms with Crippen molar-refractivity contribution in [3.8, 4) is 0 Å². The van der Waals surface area contributed by atoms with Crippen LogP contribution in [0.25, 0.3) is 0 Å². The van der Waals surface area contributed by atoms with Crippen molar-refractivity contribution < 1.29 is 13.2 Å². The van der Waals surface area contributed by atoms with E-state index >= 15 is 0 Å². The van der Waals surface area contributed by atoms with Gasteiger partial charge in [-0.05, 0) is 24.3 Å². The third kappa shape index (κ3) is 3.33. The van der Waals surface area contributed by atoms with Gasteiger partial charge < -0.3 is 5.73 Å². The third-order valence-corrected chi connectivity index (χ3v) is 3.32. The number of nitrogens with one attached hydrogen (secondary N) is 1. The van der Waals surface area contributed by atoms with Gasteiger partial charge in [-0.25, -0.2) is 13.1 Å². The Labute approximate surface area is 98.1 Å². The van der Waals surface area contributed by atoms with Gasteiger partial charge >= 0.3 is 0 Å². The lowest BCUT2D eigenvalue weighted by Crippen LogP contribution is -2.33. The van der Waals surface area contributed by atoms with Gasteiger partial charge in [-0.1, -0.05) is 0 Å². The van der Waals surface area contributed by atoms with Crippen LogP contribution in [0.3, 0.4) is 0 Å². The number of nitrogens with zero attached hydrogens (tertiary/aromatic N) is 1. The second-order valence-electron chi connectivity index (χ2n) is 2.88. The van der Waals surface area contributed by atoms with E-state index in [2.05, 4.69) is 21.5 Å². The van der Waals surface area contributed by atoms with E-state index in [1.165, 1.54) is 24.3 Å². The van der Waals surface area contributed by atoms with Gasteiger partial charge in [-0.15, -0.1) is 0 Å². The molecule has 0 fully saturated rings. The highest BCUT2D eigenvalue weighted by molar-refractivity contribution is 7.89. The lowest BCUT2D eigenvalue weighted by molar-refractivity contribution is -0.116. The lowest BCUT2D eigenvalue weighted by atomic mass is 10.3. The van der Waals surface area contributed by atoms with Crippen molar-refractivity contribution in [3.63, 3.8) is 0 Å². The fourth-order valence-corrected chi connectivity index (χ4v) is 2.05. The summed E-state index contributed by atoms with van der Waals surface area (Å²) in [7, 11) is -3.71. The smallest absolute Gasteiger partial charge is 0.241 e. The maximum Gasteiger partial charge on any atom is 0.241 e. The van der Waals surface area contributed by atoms with Crippen molar-refractivity contribution in [2.45, 2.75) is 4.90 Å². The maximum atomic E-state index is 11.6. The summed E-state index contributed by atoms with van der Waals surface area (Å²) in [6.45, 7) is -0.435. The summed E-state index contributed by atoms with van der Waals surface area (Å²) >= 11 is 4.44. The van der Waals surface area contributed by atoms with Crippen molar-refractivity contribution in [1.29, 1.82) is 0 Å². The fourth-order valence-electron chi connectivity index (χ4n) is 0.936. The minimum absolute atomic E-state index is 0.0242. The third-order valence-electron chi connectivity index (χ3n) is 1.69. The van der Waals surface area contributed by atoms with Crippen LogP contribution in [0.4, 0.5) is 5.69 Å². The summed E-state index contributed by atoms with van der Waals surface area (Å²) in [5, 5.41) is 0. The molecular formula is C8H9N3O3S2. The standard InChI is InChI=1S/C8H9N3O3S2/c9-8(12)5-10-16(13,14)7-3-1-6(11-15)2-4-7/h1-4,10H,5H2,(H2,9,12). The van der Waals surface area contributed by atoms with Gasteiger partial charge in [0.1, 0.15) is 0 Å². The molecule has 0 aliphatic heterocycles. The molecule has 1 aromatic carbocycles. The summed E-state index contributed by atoms with van der Waals surface area (Å²) in [6, 6.07) is 5.61. The SMILES string of the molecule is NC(=O)CNS(=O)(=O)c1ccc(N=S)cc1. The molecule has 0 saturated heterocycles. The molecule has 0 unspecified atom stereocenters. The van der Waals surface area contributed by atoms with Gasteiger partial charge in [0.15, 0.2) is 0 Å². The number of rotatable bonds is 5. The van der Waals surface area contributed by atoms with Crippen molar-refractivity contribution in [1.82, 2.24) is 4.72 Å². The Morgan fingerprint density at radius 3 is 2.38 bits per heavy atom. The first-order valence-corrected chi connectivity index (χ1v) is 6.02. The zero-order chi connectivity index (χ0) is 12.2. The van der Waals surface area contributed by atoms with E-state index in [-0.39, 0.29) is 4.90 Å². The van der Waals surface area contributed by atoms with Crippen molar-refractivity contribution in [3.05, 3.63) is 24.3 Å². The predicted molar refractivity (Wildman–Crippen MR) is 60.3 cm³/mol. The van der Waals surface area contributed by atoms with Crippen molar-refractivity contribution >= 4 is 34.0 Å². The average molecular weight is 259 g/mol. The normalized spacial score (nSPS) is 11.0. The number of carbonyl (C=O) groups is 1. The molecule has 3 N–H and O–H groups in total. The molecule has 1 amide bonds. The van der Waals surface area contributed by atoms with E-state index in [9.17, 15) is 13.2 Å². The molecule has 16 heavy (non-hydrogen) atoms. The predicted octanol–water partition coefficient (Wildman–Crippen LogP) is -0.188. The van der Waals surface area contributed by atoms with Crippen LogP contribution in [0.15, 0.2) is 33.5 Å². The minimum atomic E-state index is -3.71. The number of amides is 1. The fraction of sp³-hybridized carbons (Fsp3) is 0.125. The number of nitrogens with two attached hydrogens (primary N) is 1. The number of primary amides is 1. The van der Waals surface area contributed by atoms with Gasteiger partial charge in [0.25, 0.3) is 0 Å². The number of carbonyl (C=O) groups excluding carboxylic acids is 1. The Bertz CT molecular complexity index is 496. The molecule has 0 spiro atoms. The van der Waals surface area contributed by atoms with E-state index in [0.717, 1.165) is 0 Å². The highest BCUT2D eigenvalue weighted by Gasteiger charge is 2.13. The van der Waals surface area contributed by atoms with Crippen LogP contribution in [-0.4, -0.2) is 20.9 Å². The molecule has 0 radical (unpaired) electrons. The zero-order valence-electron chi connectivity index (χ0n) is 8.08. The molecule has 0 bridgehead atoms.